The van der Waals surface area contributed by atoms with E-state index >= 15 is 0 Å². The van der Waals surface area contributed by atoms with Crippen LogP contribution in [0.2, 0.25) is 0 Å². The molecule has 0 aliphatic heterocycles. The largest absolute Gasteiger partial charge is 0.497 e. The van der Waals surface area contributed by atoms with E-state index < -0.39 is 37.0 Å². The van der Waals surface area contributed by atoms with Gasteiger partial charge in [0.1, 0.15) is 5.75 Å². The molecule has 1 aromatic carbocycles. The van der Waals surface area contributed by atoms with Crippen molar-refractivity contribution in [3.8, 4) is 5.75 Å². The van der Waals surface area contributed by atoms with Crippen LogP contribution in [0.1, 0.15) is 19.8 Å². The van der Waals surface area contributed by atoms with Gasteiger partial charge in [0.05, 0.1) is 13.5 Å². The molecule has 0 aliphatic rings. The van der Waals surface area contributed by atoms with Crippen molar-refractivity contribution >= 4 is 31.3 Å². The first-order valence-corrected chi connectivity index (χ1v) is 9.96. The number of benzene rings is 1. The van der Waals surface area contributed by atoms with Gasteiger partial charge in [-0.15, -0.1) is 11.8 Å². The summed E-state index contributed by atoms with van der Waals surface area (Å²) >= 11 is 1.20. The van der Waals surface area contributed by atoms with Gasteiger partial charge in [-0.2, -0.15) is 0 Å². The number of carboxylic acid groups (broad SMARTS) is 2. The number of ether oxygens (including phenoxy) is 1. The van der Waals surface area contributed by atoms with Crippen LogP contribution in [0.3, 0.4) is 0 Å². The minimum absolute atomic E-state index is 0.0491. The molecule has 140 valence electrons. The van der Waals surface area contributed by atoms with Crippen molar-refractivity contribution in [2.75, 3.05) is 12.9 Å². The fourth-order valence-electron chi connectivity index (χ4n) is 2.55. The molecule has 0 radical (unpaired) electrons. The second kappa shape index (κ2) is 8.71. The Bertz CT molecular complexity index is 656. The van der Waals surface area contributed by atoms with Crippen molar-refractivity contribution in [3.63, 3.8) is 0 Å². The van der Waals surface area contributed by atoms with Crippen molar-refractivity contribution in [2.24, 2.45) is 5.92 Å². The molecule has 0 amide bonds. The summed E-state index contributed by atoms with van der Waals surface area (Å²) in [5.41, 5.74) is 0. The second-order valence-electron chi connectivity index (χ2n) is 5.44. The van der Waals surface area contributed by atoms with E-state index in [1.165, 1.54) is 18.9 Å². The predicted octanol–water partition coefficient (Wildman–Crippen LogP) is 2.29. The lowest BCUT2D eigenvalue weighted by Gasteiger charge is -2.35. The Kier molecular flexibility index (Phi) is 7.49. The van der Waals surface area contributed by atoms with E-state index in [1.807, 2.05) is 0 Å². The highest BCUT2D eigenvalue weighted by molar-refractivity contribution is 7.99. The molecular formula is C15H21O8PS. The lowest BCUT2D eigenvalue weighted by molar-refractivity contribution is -0.149. The number of aliphatic carboxylic acids is 2. The summed E-state index contributed by atoms with van der Waals surface area (Å²) in [4.78, 5) is 42.9. The monoisotopic (exact) mass is 392 g/mol. The van der Waals surface area contributed by atoms with Gasteiger partial charge in [0.15, 0.2) is 5.16 Å². The van der Waals surface area contributed by atoms with Crippen molar-refractivity contribution < 1.29 is 38.9 Å². The summed E-state index contributed by atoms with van der Waals surface area (Å²) in [6.07, 6.45) is -1.04. The van der Waals surface area contributed by atoms with E-state index in [9.17, 15) is 29.0 Å². The van der Waals surface area contributed by atoms with E-state index in [2.05, 4.69) is 0 Å². The molecule has 0 aromatic heterocycles. The summed E-state index contributed by atoms with van der Waals surface area (Å²) in [5.74, 6) is -3.72. The van der Waals surface area contributed by atoms with Crippen LogP contribution in [0, 0.1) is 5.92 Å². The molecule has 0 fully saturated rings. The normalized spacial score (nSPS) is 15.2. The molecule has 0 saturated heterocycles. The Labute approximate surface area is 149 Å². The van der Waals surface area contributed by atoms with Crippen molar-refractivity contribution in [2.45, 2.75) is 29.8 Å². The van der Waals surface area contributed by atoms with Crippen LogP contribution in [-0.4, -0.2) is 50.0 Å². The quantitative estimate of drug-likeness (QED) is 0.348. The third kappa shape index (κ3) is 4.98. The van der Waals surface area contributed by atoms with E-state index in [-0.39, 0.29) is 12.2 Å². The summed E-state index contributed by atoms with van der Waals surface area (Å²) in [6.45, 7) is 1.58. The van der Waals surface area contributed by atoms with Crippen LogP contribution in [0.15, 0.2) is 29.2 Å². The first-order valence-electron chi connectivity index (χ1n) is 7.36. The fourth-order valence-corrected chi connectivity index (χ4v) is 5.26. The number of hydrogen-bond acceptors (Lipinski definition) is 5. The number of rotatable bonds is 10. The SMILES string of the molecule is CCC(CSc1ccc(OC)cc1)C(CC(=O)O)(C(=O)O)P(=O)(O)O. The minimum atomic E-state index is -5.24. The third-order valence-electron chi connectivity index (χ3n) is 3.99. The molecule has 0 spiro atoms. The smallest absolute Gasteiger partial charge is 0.343 e. The standard InChI is InChI=1S/C15H21O8PS/c1-3-10(9-25-12-6-4-11(23-2)5-7-12)15(14(18)19,8-13(16)17)24(20,21)22/h4-7,10H,3,8-9H2,1-2H3,(H,16,17)(H,18,19)(H2,20,21,22). The topological polar surface area (TPSA) is 141 Å². The average Bonchev–Trinajstić information content (AvgIpc) is 2.53. The van der Waals surface area contributed by atoms with Gasteiger partial charge in [-0.1, -0.05) is 13.3 Å². The summed E-state index contributed by atoms with van der Waals surface area (Å²) in [5, 5.41) is 15.9. The van der Waals surface area contributed by atoms with Gasteiger partial charge in [-0.25, -0.2) is 0 Å². The Hall–Kier alpha value is -1.54. The highest BCUT2D eigenvalue weighted by atomic mass is 32.2. The molecule has 1 rings (SSSR count). The average molecular weight is 392 g/mol. The number of carbonyl (C=O) groups is 2. The zero-order chi connectivity index (χ0) is 19.3. The summed E-state index contributed by atoms with van der Waals surface area (Å²) in [7, 11) is -3.72. The van der Waals surface area contributed by atoms with Crippen LogP contribution >= 0.6 is 19.4 Å². The molecule has 0 bridgehead atoms. The molecule has 10 heteroatoms. The van der Waals surface area contributed by atoms with Gasteiger partial charge in [-0.05, 0) is 30.2 Å². The Balaban J connectivity index is 3.13. The van der Waals surface area contributed by atoms with Crippen LogP contribution < -0.4 is 4.74 Å². The van der Waals surface area contributed by atoms with Gasteiger partial charge in [0.2, 0.25) is 0 Å². The summed E-state index contributed by atoms with van der Waals surface area (Å²) in [6, 6.07) is 6.86. The molecule has 4 N–H and O–H groups in total. The zero-order valence-corrected chi connectivity index (χ0v) is 15.5. The van der Waals surface area contributed by atoms with E-state index in [0.29, 0.717) is 5.75 Å². The molecule has 0 saturated carbocycles. The predicted molar refractivity (Wildman–Crippen MR) is 92.2 cm³/mol. The van der Waals surface area contributed by atoms with Crippen LogP contribution in [0.4, 0.5) is 0 Å². The van der Waals surface area contributed by atoms with Crippen molar-refractivity contribution in [1.82, 2.24) is 0 Å². The first-order chi connectivity index (χ1) is 11.6. The van der Waals surface area contributed by atoms with Crippen LogP contribution in [0.25, 0.3) is 0 Å². The molecule has 25 heavy (non-hydrogen) atoms. The summed E-state index contributed by atoms with van der Waals surface area (Å²) < 4.78 is 17.0. The molecule has 2 atom stereocenters. The van der Waals surface area contributed by atoms with Gasteiger partial charge < -0.3 is 24.7 Å². The maximum Gasteiger partial charge on any atom is 0.343 e. The second-order valence-corrected chi connectivity index (χ2v) is 8.42. The van der Waals surface area contributed by atoms with Crippen molar-refractivity contribution in [1.29, 1.82) is 0 Å². The van der Waals surface area contributed by atoms with E-state index in [4.69, 9.17) is 9.84 Å². The van der Waals surface area contributed by atoms with Crippen LogP contribution in [0.5, 0.6) is 5.75 Å². The first kappa shape index (κ1) is 21.5. The van der Waals surface area contributed by atoms with E-state index in [1.54, 1.807) is 31.2 Å². The van der Waals surface area contributed by atoms with Gasteiger partial charge >= 0.3 is 19.5 Å². The molecular weight excluding hydrogens is 371 g/mol. The Morgan fingerprint density at radius 3 is 2.16 bits per heavy atom. The Morgan fingerprint density at radius 1 is 1.24 bits per heavy atom. The lowest BCUT2D eigenvalue weighted by Crippen LogP contribution is -2.48. The van der Waals surface area contributed by atoms with Gasteiger partial charge in [0.25, 0.3) is 0 Å². The number of thioether (sulfide) groups is 1. The zero-order valence-electron chi connectivity index (χ0n) is 13.8. The van der Waals surface area contributed by atoms with Gasteiger partial charge in [0, 0.05) is 10.6 Å². The van der Waals surface area contributed by atoms with Crippen molar-refractivity contribution in [3.05, 3.63) is 24.3 Å². The lowest BCUT2D eigenvalue weighted by atomic mass is 9.87. The highest BCUT2D eigenvalue weighted by Crippen LogP contribution is 2.58. The maximum absolute atomic E-state index is 12.0. The number of methoxy groups -OCH3 is 1. The number of hydrogen-bond donors (Lipinski definition) is 4. The number of carboxylic acids is 2. The molecule has 1 aromatic rings. The maximum atomic E-state index is 12.0. The molecule has 0 heterocycles. The van der Waals surface area contributed by atoms with Crippen LogP contribution in [-0.2, 0) is 14.2 Å². The molecule has 8 nitrogen and oxygen atoms in total. The minimum Gasteiger partial charge on any atom is -0.497 e. The fraction of sp³-hybridized carbons (Fsp3) is 0.467. The van der Waals surface area contributed by atoms with E-state index in [0.717, 1.165) is 4.90 Å². The molecule has 2 unspecified atom stereocenters. The third-order valence-corrected chi connectivity index (χ3v) is 6.92. The molecule has 0 aliphatic carbocycles. The Morgan fingerprint density at radius 2 is 1.80 bits per heavy atom. The highest BCUT2D eigenvalue weighted by Gasteiger charge is 2.59. The van der Waals surface area contributed by atoms with Gasteiger partial charge in [-0.3, -0.25) is 14.2 Å².